The van der Waals surface area contributed by atoms with Crippen LogP contribution in [0.1, 0.15) is 37.8 Å². The molecule has 0 fully saturated rings. The first-order chi connectivity index (χ1) is 11.6. The second-order valence-electron chi connectivity index (χ2n) is 7.59. The summed E-state index contributed by atoms with van der Waals surface area (Å²) in [5.41, 5.74) is 6.78. The zero-order chi connectivity index (χ0) is 16.7. The van der Waals surface area contributed by atoms with Crippen LogP contribution in [0.5, 0.6) is 0 Å². The molecule has 3 aromatic rings. The van der Waals surface area contributed by atoms with Gasteiger partial charge in [-0.3, -0.25) is 0 Å². The van der Waals surface area contributed by atoms with Gasteiger partial charge < -0.3 is 4.90 Å². The first-order valence-corrected chi connectivity index (χ1v) is 8.60. The predicted octanol–water partition coefficient (Wildman–Crippen LogP) is 6.65. The fraction of sp³-hybridized carbons (Fsp3) is 0.217. The smallest absolute Gasteiger partial charge is 0.0500 e. The zero-order valence-corrected chi connectivity index (χ0v) is 14.5. The molecule has 1 heteroatoms. The third kappa shape index (κ3) is 2.32. The molecular formula is C23H23N. The van der Waals surface area contributed by atoms with Crippen molar-refractivity contribution >= 4 is 17.1 Å². The van der Waals surface area contributed by atoms with Crippen LogP contribution in [0.4, 0.5) is 17.1 Å². The minimum Gasteiger partial charge on any atom is -0.310 e. The van der Waals surface area contributed by atoms with E-state index in [1.807, 2.05) is 0 Å². The summed E-state index contributed by atoms with van der Waals surface area (Å²) in [5.74, 6) is 0.393. The molecule has 0 aromatic heterocycles. The Hall–Kier alpha value is -2.54. The molecule has 0 unspecified atom stereocenters. The maximum atomic E-state index is 2.40. The van der Waals surface area contributed by atoms with Crippen molar-refractivity contribution in [1.29, 1.82) is 0 Å². The van der Waals surface area contributed by atoms with Crippen molar-refractivity contribution < 1.29 is 0 Å². The van der Waals surface area contributed by atoms with Crippen molar-refractivity contribution in [3.8, 4) is 0 Å². The van der Waals surface area contributed by atoms with Crippen LogP contribution in [0, 0.1) is 5.41 Å². The van der Waals surface area contributed by atoms with Gasteiger partial charge in [-0.25, -0.2) is 0 Å². The van der Waals surface area contributed by atoms with Gasteiger partial charge in [0.15, 0.2) is 0 Å². The Balaban J connectivity index is 2.03. The number of nitrogens with zero attached hydrogens (tertiary/aromatic N) is 1. The Kier molecular flexibility index (Phi) is 3.45. The van der Waals surface area contributed by atoms with Crippen molar-refractivity contribution in [2.45, 2.75) is 26.7 Å². The summed E-state index contributed by atoms with van der Waals surface area (Å²) in [6.45, 7) is 7.01. The van der Waals surface area contributed by atoms with Crippen LogP contribution in [0.15, 0.2) is 78.9 Å². The monoisotopic (exact) mass is 313 g/mol. The van der Waals surface area contributed by atoms with Gasteiger partial charge in [-0.15, -0.1) is 0 Å². The van der Waals surface area contributed by atoms with Crippen molar-refractivity contribution in [1.82, 2.24) is 0 Å². The molecule has 1 aliphatic rings. The molecule has 0 amide bonds. The van der Waals surface area contributed by atoms with Gasteiger partial charge in [-0.05, 0) is 40.8 Å². The van der Waals surface area contributed by atoms with Crippen LogP contribution in [0.3, 0.4) is 0 Å². The lowest BCUT2D eigenvalue weighted by Gasteiger charge is -2.42. The topological polar surface area (TPSA) is 3.24 Å². The van der Waals surface area contributed by atoms with E-state index in [-0.39, 0.29) is 5.41 Å². The lowest BCUT2D eigenvalue weighted by atomic mass is 9.70. The summed E-state index contributed by atoms with van der Waals surface area (Å²) >= 11 is 0. The highest BCUT2D eigenvalue weighted by molar-refractivity contribution is 5.84. The first kappa shape index (κ1) is 15.0. The third-order valence-electron chi connectivity index (χ3n) is 4.86. The van der Waals surface area contributed by atoms with Crippen LogP contribution in [-0.2, 0) is 0 Å². The second kappa shape index (κ2) is 5.52. The quantitative estimate of drug-likeness (QED) is 0.486. The number of para-hydroxylation sites is 3. The fourth-order valence-corrected chi connectivity index (χ4v) is 3.96. The van der Waals surface area contributed by atoms with E-state index in [2.05, 4.69) is 105 Å². The molecule has 120 valence electrons. The molecular weight excluding hydrogens is 290 g/mol. The Morgan fingerprint density at radius 2 is 1.08 bits per heavy atom. The minimum absolute atomic E-state index is 0.162. The molecule has 1 heterocycles. The second-order valence-corrected chi connectivity index (χ2v) is 7.59. The third-order valence-corrected chi connectivity index (χ3v) is 4.86. The number of fused-ring (bicyclic) bond motifs is 2. The molecule has 24 heavy (non-hydrogen) atoms. The molecule has 0 aliphatic carbocycles. The SMILES string of the molecule is CC(C)(C)C1c2ccccc2N(c2ccccc2)c2ccccc21. The summed E-state index contributed by atoms with van der Waals surface area (Å²) in [5, 5.41) is 0. The van der Waals surface area contributed by atoms with Crippen molar-refractivity contribution in [2.24, 2.45) is 5.41 Å². The molecule has 1 aliphatic heterocycles. The highest BCUT2D eigenvalue weighted by Crippen LogP contribution is 2.54. The van der Waals surface area contributed by atoms with E-state index in [0.29, 0.717) is 5.92 Å². The van der Waals surface area contributed by atoms with Gasteiger partial charge in [0.05, 0.1) is 0 Å². The van der Waals surface area contributed by atoms with Crippen LogP contribution < -0.4 is 4.90 Å². The molecule has 0 atom stereocenters. The lowest BCUT2D eigenvalue weighted by molar-refractivity contribution is 0.357. The van der Waals surface area contributed by atoms with Gasteiger partial charge in [0.25, 0.3) is 0 Å². The van der Waals surface area contributed by atoms with Gasteiger partial charge in [-0.2, -0.15) is 0 Å². The molecule has 1 nitrogen and oxygen atoms in total. The highest BCUT2D eigenvalue weighted by Gasteiger charge is 2.37. The zero-order valence-electron chi connectivity index (χ0n) is 14.5. The average Bonchev–Trinajstić information content (AvgIpc) is 2.59. The summed E-state index contributed by atoms with van der Waals surface area (Å²) in [6.07, 6.45) is 0. The maximum absolute atomic E-state index is 2.40. The predicted molar refractivity (Wildman–Crippen MR) is 102 cm³/mol. The number of benzene rings is 3. The maximum Gasteiger partial charge on any atom is 0.0500 e. The number of hydrogen-bond donors (Lipinski definition) is 0. The molecule has 4 rings (SSSR count). The summed E-state index contributed by atoms with van der Waals surface area (Å²) in [4.78, 5) is 2.40. The average molecular weight is 313 g/mol. The van der Waals surface area contributed by atoms with Crippen LogP contribution in [0.2, 0.25) is 0 Å². The molecule has 0 saturated heterocycles. The van der Waals surface area contributed by atoms with Gasteiger partial charge in [0, 0.05) is 23.0 Å². The van der Waals surface area contributed by atoms with E-state index in [0.717, 1.165) is 0 Å². The van der Waals surface area contributed by atoms with Crippen molar-refractivity contribution in [3.05, 3.63) is 90.0 Å². The minimum atomic E-state index is 0.162. The summed E-state index contributed by atoms with van der Waals surface area (Å²) in [7, 11) is 0. The first-order valence-electron chi connectivity index (χ1n) is 8.60. The number of hydrogen-bond acceptors (Lipinski definition) is 1. The van der Waals surface area contributed by atoms with Crippen LogP contribution in [-0.4, -0.2) is 0 Å². The highest BCUT2D eigenvalue weighted by atomic mass is 15.2. The molecule has 0 spiro atoms. The Morgan fingerprint density at radius 3 is 1.58 bits per heavy atom. The van der Waals surface area contributed by atoms with E-state index in [1.54, 1.807) is 0 Å². The van der Waals surface area contributed by atoms with E-state index < -0.39 is 0 Å². The normalized spacial score (nSPS) is 14.2. The fourth-order valence-electron chi connectivity index (χ4n) is 3.96. The van der Waals surface area contributed by atoms with E-state index >= 15 is 0 Å². The van der Waals surface area contributed by atoms with E-state index in [1.165, 1.54) is 28.2 Å². The van der Waals surface area contributed by atoms with Gasteiger partial charge in [0.2, 0.25) is 0 Å². The van der Waals surface area contributed by atoms with Crippen molar-refractivity contribution in [2.75, 3.05) is 4.90 Å². The Labute approximate surface area is 144 Å². The molecule has 0 bridgehead atoms. The van der Waals surface area contributed by atoms with Crippen molar-refractivity contribution in [3.63, 3.8) is 0 Å². The Morgan fingerprint density at radius 1 is 0.625 bits per heavy atom. The van der Waals surface area contributed by atoms with E-state index in [9.17, 15) is 0 Å². The van der Waals surface area contributed by atoms with Crippen LogP contribution >= 0.6 is 0 Å². The molecule has 3 aromatic carbocycles. The summed E-state index contributed by atoms with van der Waals surface area (Å²) < 4.78 is 0. The Bertz CT molecular complexity index is 811. The van der Waals surface area contributed by atoms with Crippen LogP contribution in [0.25, 0.3) is 0 Å². The lowest BCUT2D eigenvalue weighted by Crippen LogP contribution is -2.28. The largest absolute Gasteiger partial charge is 0.310 e. The number of anilines is 3. The molecule has 0 radical (unpaired) electrons. The molecule has 0 N–H and O–H groups in total. The number of rotatable bonds is 1. The molecule has 0 saturated carbocycles. The van der Waals surface area contributed by atoms with Gasteiger partial charge >= 0.3 is 0 Å². The van der Waals surface area contributed by atoms with E-state index in [4.69, 9.17) is 0 Å². The van der Waals surface area contributed by atoms with Gasteiger partial charge in [-0.1, -0.05) is 75.4 Å². The summed E-state index contributed by atoms with van der Waals surface area (Å²) in [6, 6.07) is 28.3. The standard InChI is InChI=1S/C23H23N/c1-23(2,3)22-18-13-7-9-15-20(18)24(17-11-5-4-6-12-17)21-16-10-8-14-19(21)22/h4-16,22H,1-3H3. The van der Waals surface area contributed by atoms with Gasteiger partial charge in [0.1, 0.15) is 0 Å².